The van der Waals surface area contributed by atoms with E-state index in [1.807, 2.05) is 0 Å². The fourth-order valence-electron chi connectivity index (χ4n) is 2.35. The minimum Gasteiger partial charge on any atom is -0.447 e. The van der Waals surface area contributed by atoms with E-state index in [2.05, 4.69) is 23.5 Å². The van der Waals surface area contributed by atoms with Crippen LogP contribution in [0, 0.1) is 0 Å². The maximum Gasteiger partial charge on any atom is 0.407 e. The molecule has 1 aliphatic carbocycles. The number of thioether (sulfide) groups is 1. The van der Waals surface area contributed by atoms with E-state index in [0.29, 0.717) is 6.61 Å². The molecule has 1 atom stereocenters. The van der Waals surface area contributed by atoms with E-state index in [4.69, 9.17) is 4.74 Å². The predicted octanol–water partition coefficient (Wildman–Crippen LogP) is 2.38. The first kappa shape index (κ1) is 11.0. The van der Waals surface area contributed by atoms with E-state index in [9.17, 15) is 4.79 Å². The summed E-state index contributed by atoms with van der Waals surface area (Å²) < 4.78 is 4.86. The summed E-state index contributed by atoms with van der Waals surface area (Å²) in [6, 6.07) is 6.88. The van der Waals surface area contributed by atoms with Crippen LogP contribution in [0.5, 0.6) is 0 Å². The van der Waals surface area contributed by atoms with Crippen LogP contribution in [0.2, 0.25) is 0 Å². The number of nitrogens with one attached hydrogen (secondary N) is 1. The van der Waals surface area contributed by atoms with Gasteiger partial charge in [0.2, 0.25) is 0 Å². The fraction of sp³-hybridized carbons (Fsp3) is 0.462. The second-order valence-corrected chi connectivity index (χ2v) is 5.63. The fourth-order valence-corrected chi connectivity index (χ4v) is 3.31. The Morgan fingerprint density at radius 3 is 3.06 bits per heavy atom. The second-order valence-electron chi connectivity index (χ2n) is 4.53. The molecule has 1 fully saturated rings. The summed E-state index contributed by atoms with van der Waals surface area (Å²) in [5.41, 5.74) is 3.01. The second kappa shape index (κ2) is 4.61. The molecule has 0 aromatic heterocycles. The van der Waals surface area contributed by atoms with Crippen molar-refractivity contribution in [1.29, 1.82) is 0 Å². The van der Waals surface area contributed by atoms with E-state index >= 15 is 0 Å². The number of cyclic esters (lactones) is 1. The smallest absolute Gasteiger partial charge is 0.407 e. The lowest BCUT2D eigenvalue weighted by molar-refractivity contribution is 0.177. The molecule has 0 spiro atoms. The van der Waals surface area contributed by atoms with Gasteiger partial charge in [-0.05, 0) is 42.5 Å². The molecule has 1 N–H and O–H groups in total. The molecule has 2 aliphatic rings. The molecule has 17 heavy (non-hydrogen) atoms. The van der Waals surface area contributed by atoms with Crippen molar-refractivity contribution in [3.63, 3.8) is 0 Å². The molecule has 1 heterocycles. The molecule has 4 heteroatoms. The average Bonchev–Trinajstić information content (AvgIpc) is 2.94. The Hall–Kier alpha value is -1.16. The van der Waals surface area contributed by atoms with Gasteiger partial charge < -0.3 is 10.1 Å². The van der Waals surface area contributed by atoms with Gasteiger partial charge in [-0.25, -0.2) is 4.79 Å². The third-order valence-corrected chi connectivity index (χ3v) is 4.42. The Balaban J connectivity index is 1.60. The van der Waals surface area contributed by atoms with Crippen LogP contribution in [-0.4, -0.2) is 24.5 Å². The molecule has 90 valence electrons. The third-order valence-electron chi connectivity index (χ3n) is 3.26. The minimum atomic E-state index is -0.287. The van der Waals surface area contributed by atoms with Gasteiger partial charge in [0.1, 0.15) is 6.61 Å². The van der Waals surface area contributed by atoms with Gasteiger partial charge in [-0.15, -0.1) is 11.8 Å². The van der Waals surface area contributed by atoms with E-state index in [0.717, 1.165) is 5.75 Å². The van der Waals surface area contributed by atoms with Gasteiger partial charge in [-0.2, -0.15) is 0 Å². The normalized spacial score (nSPS) is 22.1. The van der Waals surface area contributed by atoms with Crippen molar-refractivity contribution in [1.82, 2.24) is 5.32 Å². The standard InChI is InChI=1S/C13H15NO2S/c15-13-14-11(7-16-13)8-17-12-5-4-9-2-1-3-10(9)6-12/h4-6,11H,1-3,7-8H2,(H,14,15)/t11-/m0/s1. The summed E-state index contributed by atoms with van der Waals surface area (Å²) in [5, 5.41) is 2.79. The highest BCUT2D eigenvalue weighted by Crippen LogP contribution is 2.28. The van der Waals surface area contributed by atoms with Gasteiger partial charge in [-0.1, -0.05) is 6.07 Å². The van der Waals surface area contributed by atoms with Crippen LogP contribution >= 0.6 is 11.8 Å². The molecule has 3 rings (SSSR count). The molecule has 0 bridgehead atoms. The molecule has 0 unspecified atom stereocenters. The van der Waals surface area contributed by atoms with Crippen molar-refractivity contribution < 1.29 is 9.53 Å². The lowest BCUT2D eigenvalue weighted by atomic mass is 10.1. The van der Waals surface area contributed by atoms with Gasteiger partial charge in [0, 0.05) is 10.6 Å². The van der Waals surface area contributed by atoms with Crippen molar-refractivity contribution in [3.05, 3.63) is 29.3 Å². The largest absolute Gasteiger partial charge is 0.447 e. The van der Waals surface area contributed by atoms with E-state index in [1.54, 1.807) is 11.8 Å². The Labute approximate surface area is 105 Å². The van der Waals surface area contributed by atoms with Crippen LogP contribution < -0.4 is 5.32 Å². The molecular formula is C13H15NO2S. The third kappa shape index (κ3) is 2.41. The summed E-state index contributed by atoms with van der Waals surface area (Å²) in [7, 11) is 0. The molecule has 1 amide bonds. The van der Waals surface area contributed by atoms with Gasteiger partial charge in [0.05, 0.1) is 6.04 Å². The first-order chi connectivity index (χ1) is 8.31. The molecular weight excluding hydrogens is 234 g/mol. The number of fused-ring (bicyclic) bond motifs is 1. The maximum absolute atomic E-state index is 10.9. The average molecular weight is 249 g/mol. The Morgan fingerprint density at radius 2 is 2.24 bits per heavy atom. The van der Waals surface area contributed by atoms with E-state index in [-0.39, 0.29) is 12.1 Å². The van der Waals surface area contributed by atoms with Gasteiger partial charge in [0.25, 0.3) is 0 Å². The number of carbonyl (C=O) groups excluding carboxylic acids is 1. The highest BCUT2D eigenvalue weighted by Gasteiger charge is 2.22. The van der Waals surface area contributed by atoms with Crippen molar-refractivity contribution >= 4 is 17.9 Å². The summed E-state index contributed by atoms with van der Waals surface area (Å²) in [5.74, 6) is 0.879. The molecule has 1 aliphatic heterocycles. The van der Waals surface area contributed by atoms with Crippen LogP contribution in [0.3, 0.4) is 0 Å². The SMILES string of the molecule is O=C1N[C@H](CSc2ccc3c(c2)CCC3)CO1. The van der Waals surface area contributed by atoms with Crippen molar-refractivity contribution in [2.24, 2.45) is 0 Å². The van der Waals surface area contributed by atoms with Crippen LogP contribution in [0.25, 0.3) is 0 Å². The number of hydrogen-bond acceptors (Lipinski definition) is 3. The van der Waals surface area contributed by atoms with Crippen LogP contribution in [-0.2, 0) is 17.6 Å². The van der Waals surface area contributed by atoms with Crippen molar-refractivity contribution in [3.8, 4) is 0 Å². The maximum atomic E-state index is 10.9. The Kier molecular flexibility index (Phi) is 2.97. The zero-order valence-corrected chi connectivity index (χ0v) is 10.4. The molecule has 1 aromatic rings. The zero-order valence-electron chi connectivity index (χ0n) is 9.57. The number of ether oxygens (including phenoxy) is 1. The van der Waals surface area contributed by atoms with Crippen LogP contribution in [0.15, 0.2) is 23.1 Å². The molecule has 0 saturated carbocycles. The van der Waals surface area contributed by atoms with Crippen LogP contribution in [0.4, 0.5) is 4.79 Å². The van der Waals surface area contributed by atoms with Gasteiger partial charge >= 0.3 is 6.09 Å². The highest BCUT2D eigenvalue weighted by molar-refractivity contribution is 7.99. The molecule has 0 radical (unpaired) electrons. The number of alkyl carbamates (subject to hydrolysis) is 1. The van der Waals surface area contributed by atoms with Gasteiger partial charge in [-0.3, -0.25) is 0 Å². The monoisotopic (exact) mass is 249 g/mol. The lowest BCUT2D eigenvalue weighted by Gasteiger charge is -2.08. The number of hydrogen-bond donors (Lipinski definition) is 1. The predicted molar refractivity (Wildman–Crippen MR) is 67.5 cm³/mol. The number of aryl methyl sites for hydroxylation is 2. The summed E-state index contributed by atoms with van der Waals surface area (Å²) >= 11 is 1.79. The molecule has 3 nitrogen and oxygen atoms in total. The minimum absolute atomic E-state index is 0.153. The quantitative estimate of drug-likeness (QED) is 0.836. The molecule has 1 saturated heterocycles. The first-order valence-electron chi connectivity index (χ1n) is 5.99. The lowest BCUT2D eigenvalue weighted by Crippen LogP contribution is -2.28. The number of amides is 1. The van der Waals surface area contributed by atoms with E-state index in [1.165, 1.54) is 35.3 Å². The van der Waals surface area contributed by atoms with Gasteiger partial charge in [0.15, 0.2) is 0 Å². The molecule has 1 aromatic carbocycles. The summed E-state index contributed by atoms with van der Waals surface area (Å²) in [4.78, 5) is 12.2. The topological polar surface area (TPSA) is 38.3 Å². The van der Waals surface area contributed by atoms with E-state index < -0.39 is 0 Å². The first-order valence-corrected chi connectivity index (χ1v) is 6.98. The summed E-state index contributed by atoms with van der Waals surface area (Å²) in [6.45, 7) is 0.497. The zero-order chi connectivity index (χ0) is 11.7. The van der Waals surface area contributed by atoms with Crippen molar-refractivity contribution in [2.45, 2.75) is 30.2 Å². The Bertz CT molecular complexity index is 447. The number of rotatable bonds is 3. The van der Waals surface area contributed by atoms with Crippen LogP contribution in [0.1, 0.15) is 17.5 Å². The summed E-state index contributed by atoms with van der Waals surface area (Å²) in [6.07, 6.45) is 3.44. The number of benzene rings is 1. The number of carbonyl (C=O) groups is 1. The Morgan fingerprint density at radius 1 is 1.35 bits per heavy atom. The highest BCUT2D eigenvalue weighted by atomic mass is 32.2. The van der Waals surface area contributed by atoms with Crippen molar-refractivity contribution in [2.75, 3.05) is 12.4 Å².